The van der Waals surface area contributed by atoms with Crippen LogP contribution in [0.2, 0.25) is 0 Å². The van der Waals surface area contributed by atoms with Crippen molar-refractivity contribution in [1.29, 1.82) is 0 Å². The molecule has 7 nitrogen and oxygen atoms in total. The maximum Gasteiger partial charge on any atom is 0.321 e. The van der Waals surface area contributed by atoms with Crippen molar-refractivity contribution >= 4 is 22.5 Å². The number of rotatable bonds is 4. The third-order valence-corrected chi connectivity index (χ3v) is 4.18. The van der Waals surface area contributed by atoms with Crippen molar-refractivity contribution in [3.63, 3.8) is 0 Å². The molecule has 0 bridgehead atoms. The van der Waals surface area contributed by atoms with Gasteiger partial charge in [-0.3, -0.25) is 5.32 Å². The normalized spacial score (nSPS) is 12.5. The number of carbonyl (C=O) groups is 1. The Balaban J connectivity index is 1.53. The number of hydrogen-bond donors (Lipinski definition) is 2. The standard InChI is InChI=1S/C14H16N4O3S/c1-8(2)12-17-18-14(22-12)16-13(19)15-6-9-3-4-10-11(5-9)21-7-20-10/h3-5,8H,6-7H2,1-2H3,(H2,15,16,18,19). The van der Waals surface area contributed by atoms with Gasteiger partial charge in [0, 0.05) is 12.5 Å². The molecule has 0 unspecified atom stereocenters. The van der Waals surface area contributed by atoms with Gasteiger partial charge in [-0.05, 0) is 17.7 Å². The summed E-state index contributed by atoms with van der Waals surface area (Å²) < 4.78 is 10.5. The van der Waals surface area contributed by atoms with Crippen LogP contribution in [-0.4, -0.2) is 23.0 Å². The minimum Gasteiger partial charge on any atom is -0.454 e. The number of anilines is 1. The molecular formula is C14H16N4O3S. The van der Waals surface area contributed by atoms with Crippen LogP contribution in [0, 0.1) is 0 Å². The summed E-state index contributed by atoms with van der Waals surface area (Å²) in [4.78, 5) is 11.9. The van der Waals surface area contributed by atoms with Crippen LogP contribution in [0.1, 0.15) is 30.3 Å². The van der Waals surface area contributed by atoms with Crippen molar-refractivity contribution in [2.45, 2.75) is 26.3 Å². The molecule has 1 aliphatic rings. The number of ether oxygens (including phenoxy) is 2. The molecule has 0 aliphatic carbocycles. The van der Waals surface area contributed by atoms with Gasteiger partial charge in [0.1, 0.15) is 5.01 Å². The van der Waals surface area contributed by atoms with E-state index in [-0.39, 0.29) is 12.8 Å². The van der Waals surface area contributed by atoms with E-state index in [4.69, 9.17) is 9.47 Å². The third kappa shape index (κ3) is 3.28. The van der Waals surface area contributed by atoms with Gasteiger partial charge in [0.15, 0.2) is 11.5 Å². The lowest BCUT2D eigenvalue weighted by Gasteiger charge is -2.06. The molecule has 0 spiro atoms. The molecule has 0 radical (unpaired) electrons. The Bertz CT molecular complexity index is 686. The summed E-state index contributed by atoms with van der Waals surface area (Å²) in [7, 11) is 0. The molecule has 116 valence electrons. The number of nitrogens with one attached hydrogen (secondary N) is 2. The summed E-state index contributed by atoms with van der Waals surface area (Å²) in [6.07, 6.45) is 0. The zero-order valence-electron chi connectivity index (χ0n) is 12.3. The minimum atomic E-state index is -0.316. The number of hydrogen-bond acceptors (Lipinski definition) is 6. The summed E-state index contributed by atoms with van der Waals surface area (Å²) in [5.74, 6) is 1.72. The highest BCUT2D eigenvalue weighted by molar-refractivity contribution is 7.15. The van der Waals surface area contributed by atoms with Crippen molar-refractivity contribution in [2.24, 2.45) is 0 Å². The second-order valence-corrected chi connectivity index (χ2v) is 6.10. The lowest BCUT2D eigenvalue weighted by Crippen LogP contribution is -2.28. The Kier molecular flexibility index (Phi) is 4.10. The van der Waals surface area contributed by atoms with Gasteiger partial charge in [0.05, 0.1) is 0 Å². The monoisotopic (exact) mass is 320 g/mol. The van der Waals surface area contributed by atoms with Crippen molar-refractivity contribution in [1.82, 2.24) is 15.5 Å². The van der Waals surface area contributed by atoms with Gasteiger partial charge in [0.25, 0.3) is 0 Å². The number of amides is 2. The first kappa shape index (κ1) is 14.6. The third-order valence-electron chi connectivity index (χ3n) is 3.05. The number of aromatic nitrogens is 2. The molecule has 1 aliphatic heterocycles. The second-order valence-electron chi connectivity index (χ2n) is 5.10. The summed E-state index contributed by atoms with van der Waals surface area (Å²) in [5, 5.41) is 14.8. The molecular weight excluding hydrogens is 304 g/mol. The molecule has 0 fully saturated rings. The quantitative estimate of drug-likeness (QED) is 0.904. The Labute approximate surface area is 131 Å². The van der Waals surface area contributed by atoms with E-state index in [1.165, 1.54) is 11.3 Å². The predicted octanol–water partition coefficient (Wildman–Crippen LogP) is 2.71. The zero-order valence-corrected chi connectivity index (χ0v) is 13.1. The highest BCUT2D eigenvalue weighted by atomic mass is 32.1. The Morgan fingerprint density at radius 1 is 1.32 bits per heavy atom. The predicted molar refractivity (Wildman–Crippen MR) is 82.4 cm³/mol. The molecule has 3 rings (SSSR count). The lowest BCUT2D eigenvalue weighted by molar-refractivity contribution is 0.174. The van der Waals surface area contributed by atoms with Crippen LogP contribution in [0.3, 0.4) is 0 Å². The van der Waals surface area contributed by atoms with Crippen LogP contribution >= 0.6 is 11.3 Å². The van der Waals surface area contributed by atoms with Crippen molar-refractivity contribution in [3.05, 3.63) is 28.8 Å². The molecule has 0 saturated heterocycles. The fraction of sp³-hybridized carbons (Fsp3) is 0.357. The smallest absolute Gasteiger partial charge is 0.321 e. The second kappa shape index (κ2) is 6.18. The van der Waals surface area contributed by atoms with Gasteiger partial charge in [0.2, 0.25) is 11.9 Å². The van der Waals surface area contributed by atoms with E-state index in [1.807, 2.05) is 32.0 Å². The molecule has 22 heavy (non-hydrogen) atoms. The molecule has 2 aromatic rings. The number of nitrogens with zero attached hydrogens (tertiary/aromatic N) is 2. The van der Waals surface area contributed by atoms with E-state index in [9.17, 15) is 4.79 Å². The molecule has 8 heteroatoms. The van der Waals surface area contributed by atoms with Crippen LogP contribution < -0.4 is 20.1 Å². The summed E-state index contributed by atoms with van der Waals surface area (Å²) in [5.41, 5.74) is 0.930. The highest BCUT2D eigenvalue weighted by Gasteiger charge is 2.14. The van der Waals surface area contributed by atoms with Gasteiger partial charge in [-0.15, -0.1) is 10.2 Å². The fourth-order valence-electron chi connectivity index (χ4n) is 1.89. The topological polar surface area (TPSA) is 85.4 Å². The molecule has 1 aromatic carbocycles. The maximum atomic E-state index is 11.9. The average Bonchev–Trinajstić information content (AvgIpc) is 3.13. The van der Waals surface area contributed by atoms with E-state index in [0.29, 0.717) is 23.3 Å². The van der Waals surface area contributed by atoms with Gasteiger partial charge < -0.3 is 14.8 Å². The lowest BCUT2D eigenvalue weighted by atomic mass is 10.2. The number of urea groups is 1. The summed E-state index contributed by atoms with van der Waals surface area (Å²) in [6, 6.07) is 5.25. The van der Waals surface area contributed by atoms with Crippen molar-refractivity contribution in [3.8, 4) is 11.5 Å². The van der Waals surface area contributed by atoms with Crippen LogP contribution in [-0.2, 0) is 6.54 Å². The van der Waals surface area contributed by atoms with Gasteiger partial charge >= 0.3 is 6.03 Å². The molecule has 1 aromatic heterocycles. The van der Waals surface area contributed by atoms with E-state index in [0.717, 1.165) is 16.3 Å². The van der Waals surface area contributed by atoms with Gasteiger partial charge in [-0.25, -0.2) is 4.79 Å². The SMILES string of the molecule is CC(C)c1nnc(NC(=O)NCc2ccc3c(c2)OCO3)s1. The van der Waals surface area contributed by atoms with Crippen LogP contribution in [0.15, 0.2) is 18.2 Å². The fourth-order valence-corrected chi connectivity index (χ4v) is 2.63. The first-order chi connectivity index (χ1) is 10.6. The van der Waals surface area contributed by atoms with Crippen molar-refractivity contribution in [2.75, 3.05) is 12.1 Å². The highest BCUT2D eigenvalue weighted by Crippen LogP contribution is 2.32. The molecule has 2 N–H and O–H groups in total. The number of carbonyl (C=O) groups excluding carboxylic acids is 1. The van der Waals surface area contributed by atoms with Crippen LogP contribution in [0.5, 0.6) is 11.5 Å². The summed E-state index contributed by atoms with van der Waals surface area (Å²) in [6.45, 7) is 4.69. The number of fused-ring (bicyclic) bond motifs is 1. The Hall–Kier alpha value is -2.35. The van der Waals surface area contributed by atoms with Crippen LogP contribution in [0.4, 0.5) is 9.93 Å². The molecule has 0 saturated carbocycles. The van der Waals surface area contributed by atoms with E-state index in [2.05, 4.69) is 20.8 Å². The van der Waals surface area contributed by atoms with E-state index >= 15 is 0 Å². The van der Waals surface area contributed by atoms with Gasteiger partial charge in [-0.1, -0.05) is 31.3 Å². The van der Waals surface area contributed by atoms with Crippen molar-refractivity contribution < 1.29 is 14.3 Å². The number of benzene rings is 1. The minimum absolute atomic E-state index is 0.238. The first-order valence-corrected chi connectivity index (χ1v) is 7.70. The largest absolute Gasteiger partial charge is 0.454 e. The molecule has 2 heterocycles. The first-order valence-electron chi connectivity index (χ1n) is 6.88. The Morgan fingerprint density at radius 2 is 2.14 bits per heavy atom. The molecule has 0 atom stereocenters. The Morgan fingerprint density at radius 3 is 2.91 bits per heavy atom. The average molecular weight is 320 g/mol. The van der Waals surface area contributed by atoms with E-state index in [1.54, 1.807) is 0 Å². The molecule has 2 amide bonds. The van der Waals surface area contributed by atoms with E-state index < -0.39 is 0 Å². The van der Waals surface area contributed by atoms with Crippen LogP contribution in [0.25, 0.3) is 0 Å². The summed E-state index contributed by atoms with van der Waals surface area (Å²) >= 11 is 1.38. The maximum absolute atomic E-state index is 11.9. The van der Waals surface area contributed by atoms with Gasteiger partial charge in [-0.2, -0.15) is 0 Å². The zero-order chi connectivity index (χ0) is 15.5.